The number of benzene rings is 2. The number of carbonyl (C=O) groups excluding carboxylic acids is 1. The zero-order chi connectivity index (χ0) is 23.8. The van der Waals surface area contributed by atoms with Crippen LogP contribution < -0.4 is 10.7 Å². The molecule has 2 aromatic carbocycles. The largest absolute Gasteiger partial charge is 0.418 e. The van der Waals surface area contributed by atoms with Crippen molar-refractivity contribution in [3.63, 3.8) is 0 Å². The molecular formula is C20H13F4N7O2. The topological polar surface area (TPSA) is 108 Å². The van der Waals surface area contributed by atoms with Crippen LogP contribution in [-0.4, -0.2) is 35.9 Å². The molecule has 0 atom stereocenters. The van der Waals surface area contributed by atoms with Gasteiger partial charge in [0.2, 0.25) is 5.43 Å². The number of nitrogens with zero attached hydrogens (tertiary/aromatic N) is 6. The molecule has 0 bridgehead atoms. The minimum absolute atomic E-state index is 0.0695. The number of alkyl halides is 3. The smallest absolute Gasteiger partial charge is 0.318 e. The van der Waals surface area contributed by atoms with Gasteiger partial charge in [0.15, 0.2) is 5.69 Å². The van der Waals surface area contributed by atoms with Gasteiger partial charge < -0.3 is 5.32 Å². The molecular weight excluding hydrogens is 446 g/mol. The van der Waals surface area contributed by atoms with Crippen molar-refractivity contribution in [2.75, 3.05) is 5.32 Å². The Kier molecular flexibility index (Phi) is 5.45. The Morgan fingerprint density at radius 3 is 2.55 bits per heavy atom. The van der Waals surface area contributed by atoms with E-state index in [1.54, 1.807) is 0 Å². The van der Waals surface area contributed by atoms with Crippen molar-refractivity contribution in [1.82, 2.24) is 30.0 Å². The Balaban J connectivity index is 1.74. The lowest BCUT2D eigenvalue weighted by Crippen LogP contribution is -2.28. The third-order valence-corrected chi connectivity index (χ3v) is 4.57. The number of tetrazole rings is 1. The van der Waals surface area contributed by atoms with Crippen molar-refractivity contribution in [2.45, 2.75) is 13.1 Å². The molecule has 168 valence electrons. The molecule has 2 aromatic heterocycles. The van der Waals surface area contributed by atoms with Crippen LogP contribution in [0.5, 0.6) is 0 Å². The molecule has 0 saturated carbocycles. The number of hydrogen-bond acceptors (Lipinski definition) is 6. The highest BCUT2D eigenvalue weighted by Crippen LogP contribution is 2.33. The first-order chi connectivity index (χ1) is 15.6. The van der Waals surface area contributed by atoms with Crippen LogP contribution in [0.2, 0.25) is 0 Å². The zero-order valence-corrected chi connectivity index (χ0v) is 16.7. The van der Waals surface area contributed by atoms with Crippen LogP contribution in [0.4, 0.5) is 23.2 Å². The fourth-order valence-electron chi connectivity index (χ4n) is 3.06. The number of para-hydroxylation sites is 1. The summed E-state index contributed by atoms with van der Waals surface area (Å²) < 4.78 is 56.7. The lowest BCUT2D eigenvalue weighted by Gasteiger charge is -2.16. The van der Waals surface area contributed by atoms with E-state index in [1.807, 2.05) is 0 Å². The van der Waals surface area contributed by atoms with Gasteiger partial charge in [-0.25, -0.2) is 13.8 Å². The second-order valence-corrected chi connectivity index (χ2v) is 6.80. The summed E-state index contributed by atoms with van der Waals surface area (Å²) in [5.41, 5.74) is -2.87. The van der Waals surface area contributed by atoms with E-state index in [2.05, 4.69) is 25.9 Å². The minimum atomic E-state index is -4.70. The van der Waals surface area contributed by atoms with Crippen molar-refractivity contribution in [2.24, 2.45) is 0 Å². The molecule has 2 heterocycles. The fraction of sp³-hybridized carbons (Fsp3) is 0.100. The molecule has 0 aliphatic carbocycles. The SMILES string of the molecule is Cc1cc(=O)c(C(=O)Nc2cc(-n3cnnn3)ccc2F)nn1-c1ccccc1C(F)(F)F. The summed E-state index contributed by atoms with van der Waals surface area (Å²) in [6, 6.07) is 9.18. The summed E-state index contributed by atoms with van der Waals surface area (Å²) in [6.45, 7) is 1.37. The van der Waals surface area contributed by atoms with Gasteiger partial charge in [0.25, 0.3) is 5.91 Å². The van der Waals surface area contributed by atoms with Crippen molar-refractivity contribution in [1.29, 1.82) is 0 Å². The van der Waals surface area contributed by atoms with Gasteiger partial charge in [-0.2, -0.15) is 18.3 Å². The molecule has 9 nitrogen and oxygen atoms in total. The molecule has 0 unspecified atom stereocenters. The monoisotopic (exact) mass is 459 g/mol. The fourth-order valence-corrected chi connectivity index (χ4v) is 3.06. The van der Waals surface area contributed by atoms with E-state index in [0.717, 1.165) is 28.9 Å². The van der Waals surface area contributed by atoms with Crippen LogP contribution in [0, 0.1) is 12.7 Å². The molecule has 33 heavy (non-hydrogen) atoms. The highest BCUT2D eigenvalue weighted by molar-refractivity contribution is 6.02. The first-order valence-electron chi connectivity index (χ1n) is 9.27. The van der Waals surface area contributed by atoms with Gasteiger partial charge >= 0.3 is 6.18 Å². The number of hydrogen-bond donors (Lipinski definition) is 1. The van der Waals surface area contributed by atoms with E-state index in [9.17, 15) is 27.2 Å². The Bertz CT molecular complexity index is 1400. The molecule has 0 saturated heterocycles. The molecule has 1 amide bonds. The number of aromatic nitrogens is 6. The number of amides is 1. The van der Waals surface area contributed by atoms with Crippen LogP contribution in [0.15, 0.2) is 59.7 Å². The molecule has 0 aliphatic rings. The van der Waals surface area contributed by atoms with Gasteiger partial charge in [-0.3, -0.25) is 9.59 Å². The number of aryl methyl sites for hydroxylation is 1. The first-order valence-corrected chi connectivity index (χ1v) is 9.27. The van der Waals surface area contributed by atoms with Crippen LogP contribution in [0.25, 0.3) is 11.4 Å². The maximum absolute atomic E-state index is 14.3. The lowest BCUT2D eigenvalue weighted by molar-refractivity contribution is -0.137. The van der Waals surface area contributed by atoms with E-state index in [-0.39, 0.29) is 17.1 Å². The molecule has 4 rings (SSSR count). The Hall–Kier alpha value is -4.42. The normalized spacial score (nSPS) is 11.4. The molecule has 0 aliphatic heterocycles. The molecule has 0 radical (unpaired) electrons. The molecule has 0 spiro atoms. The summed E-state index contributed by atoms with van der Waals surface area (Å²) in [5.74, 6) is -1.93. The summed E-state index contributed by atoms with van der Waals surface area (Å²) in [5, 5.41) is 16.6. The van der Waals surface area contributed by atoms with E-state index in [0.29, 0.717) is 5.69 Å². The second-order valence-electron chi connectivity index (χ2n) is 6.80. The summed E-state index contributed by atoms with van der Waals surface area (Å²) in [6.07, 6.45) is -3.45. The van der Waals surface area contributed by atoms with Crippen molar-refractivity contribution in [3.8, 4) is 11.4 Å². The third-order valence-electron chi connectivity index (χ3n) is 4.57. The van der Waals surface area contributed by atoms with E-state index in [4.69, 9.17) is 0 Å². The minimum Gasteiger partial charge on any atom is -0.318 e. The van der Waals surface area contributed by atoms with Crippen molar-refractivity contribution < 1.29 is 22.4 Å². The highest BCUT2D eigenvalue weighted by atomic mass is 19.4. The van der Waals surface area contributed by atoms with E-state index >= 15 is 0 Å². The molecule has 0 fully saturated rings. The van der Waals surface area contributed by atoms with Gasteiger partial charge in [-0.1, -0.05) is 12.1 Å². The van der Waals surface area contributed by atoms with Crippen molar-refractivity contribution in [3.05, 3.63) is 87.9 Å². The predicted molar refractivity (Wildman–Crippen MR) is 107 cm³/mol. The Morgan fingerprint density at radius 2 is 1.85 bits per heavy atom. The number of rotatable bonds is 4. The molecule has 4 aromatic rings. The number of halogens is 4. The highest BCUT2D eigenvalue weighted by Gasteiger charge is 2.34. The van der Waals surface area contributed by atoms with E-state index in [1.165, 1.54) is 42.2 Å². The Labute approximate surface area is 182 Å². The first kappa shape index (κ1) is 21.8. The van der Waals surface area contributed by atoms with Gasteiger partial charge in [0, 0.05) is 11.8 Å². The molecule has 13 heteroatoms. The van der Waals surface area contributed by atoms with Gasteiger partial charge in [-0.15, -0.1) is 5.10 Å². The van der Waals surface area contributed by atoms with Gasteiger partial charge in [-0.05, 0) is 47.7 Å². The van der Waals surface area contributed by atoms with Gasteiger partial charge in [0.05, 0.1) is 22.6 Å². The Morgan fingerprint density at radius 1 is 1.09 bits per heavy atom. The van der Waals surface area contributed by atoms with Gasteiger partial charge in [0.1, 0.15) is 12.1 Å². The summed E-state index contributed by atoms with van der Waals surface area (Å²) >= 11 is 0. The lowest BCUT2D eigenvalue weighted by atomic mass is 10.1. The quantitative estimate of drug-likeness (QED) is 0.471. The predicted octanol–water partition coefficient (Wildman–Crippen LogP) is 2.93. The maximum Gasteiger partial charge on any atom is 0.418 e. The second kappa shape index (κ2) is 8.26. The standard InChI is InChI=1S/C20H13F4N7O2/c1-11-8-17(32)18(27-31(11)16-5-3-2-4-13(16)20(22,23)24)19(33)26-15-9-12(6-7-14(15)21)30-10-25-28-29-30/h2-10H,1H3,(H,26,33). The number of carbonyl (C=O) groups is 1. The van der Waals surface area contributed by atoms with Crippen LogP contribution in [0.3, 0.4) is 0 Å². The maximum atomic E-state index is 14.3. The summed E-state index contributed by atoms with van der Waals surface area (Å²) in [7, 11) is 0. The average molecular weight is 459 g/mol. The summed E-state index contributed by atoms with van der Waals surface area (Å²) in [4.78, 5) is 25.1. The third kappa shape index (κ3) is 4.33. The van der Waals surface area contributed by atoms with E-state index < -0.39 is 34.6 Å². The average Bonchev–Trinajstić information content (AvgIpc) is 3.29. The van der Waals surface area contributed by atoms with Crippen molar-refractivity contribution >= 4 is 11.6 Å². The molecule has 1 N–H and O–H groups in total. The number of nitrogens with one attached hydrogen (secondary N) is 1. The van der Waals surface area contributed by atoms with Crippen LogP contribution >= 0.6 is 0 Å². The number of anilines is 1. The van der Waals surface area contributed by atoms with Crippen LogP contribution in [0.1, 0.15) is 21.7 Å². The van der Waals surface area contributed by atoms with Crippen LogP contribution in [-0.2, 0) is 6.18 Å². The zero-order valence-electron chi connectivity index (χ0n) is 16.7.